The van der Waals surface area contributed by atoms with Gasteiger partial charge in [-0.3, -0.25) is 0 Å². The van der Waals surface area contributed by atoms with Crippen molar-refractivity contribution in [2.45, 2.75) is 46.6 Å². The lowest BCUT2D eigenvalue weighted by Crippen LogP contribution is -2.28. The highest BCUT2D eigenvalue weighted by atomic mass is 16.5. The highest BCUT2D eigenvalue weighted by Gasteiger charge is 2.04. The number of aryl methyl sites for hydroxylation is 2. The standard InChI is InChI=1S/C15H25NO/c1-5-10-16-14(4)9-11-17-15-12(2)7-6-8-13(15)3/h6-8,14,16H,5,9-11H2,1-4H3. The molecule has 1 N–H and O–H groups in total. The summed E-state index contributed by atoms with van der Waals surface area (Å²) in [7, 11) is 0. The highest BCUT2D eigenvalue weighted by molar-refractivity contribution is 5.39. The summed E-state index contributed by atoms with van der Waals surface area (Å²) in [5.74, 6) is 1.05. The fourth-order valence-electron chi connectivity index (χ4n) is 1.86. The summed E-state index contributed by atoms with van der Waals surface area (Å²) >= 11 is 0. The maximum atomic E-state index is 5.88. The average Bonchev–Trinajstić information content (AvgIpc) is 2.30. The van der Waals surface area contributed by atoms with Gasteiger partial charge in [-0.15, -0.1) is 0 Å². The second kappa shape index (κ2) is 7.33. The summed E-state index contributed by atoms with van der Waals surface area (Å²) in [5.41, 5.74) is 2.44. The van der Waals surface area contributed by atoms with Gasteiger partial charge in [-0.25, -0.2) is 0 Å². The van der Waals surface area contributed by atoms with E-state index in [0.717, 1.165) is 25.3 Å². The van der Waals surface area contributed by atoms with E-state index >= 15 is 0 Å². The zero-order chi connectivity index (χ0) is 12.7. The van der Waals surface area contributed by atoms with Gasteiger partial charge in [0.2, 0.25) is 0 Å². The van der Waals surface area contributed by atoms with Crippen LogP contribution in [0, 0.1) is 13.8 Å². The van der Waals surface area contributed by atoms with Crippen LogP contribution in [0.25, 0.3) is 0 Å². The van der Waals surface area contributed by atoms with Crippen LogP contribution in [0.2, 0.25) is 0 Å². The van der Waals surface area contributed by atoms with Crippen LogP contribution in [0.5, 0.6) is 5.75 Å². The van der Waals surface area contributed by atoms with Crippen molar-refractivity contribution in [3.8, 4) is 5.75 Å². The van der Waals surface area contributed by atoms with E-state index in [1.807, 2.05) is 0 Å². The molecule has 1 aromatic rings. The van der Waals surface area contributed by atoms with Gasteiger partial charge in [-0.2, -0.15) is 0 Å². The third kappa shape index (κ3) is 4.78. The van der Waals surface area contributed by atoms with Gasteiger partial charge >= 0.3 is 0 Å². The summed E-state index contributed by atoms with van der Waals surface area (Å²) in [4.78, 5) is 0. The van der Waals surface area contributed by atoms with Crippen LogP contribution < -0.4 is 10.1 Å². The number of hydrogen-bond donors (Lipinski definition) is 1. The SMILES string of the molecule is CCCNC(C)CCOc1c(C)cccc1C. The molecular weight excluding hydrogens is 210 g/mol. The van der Waals surface area contributed by atoms with E-state index in [9.17, 15) is 0 Å². The minimum absolute atomic E-state index is 0.527. The molecule has 0 amide bonds. The number of hydrogen-bond acceptors (Lipinski definition) is 2. The lowest BCUT2D eigenvalue weighted by atomic mass is 10.1. The van der Waals surface area contributed by atoms with Crippen LogP contribution in [-0.2, 0) is 0 Å². The van der Waals surface area contributed by atoms with E-state index in [0.29, 0.717) is 6.04 Å². The third-order valence-corrected chi connectivity index (χ3v) is 2.95. The highest BCUT2D eigenvalue weighted by Crippen LogP contribution is 2.22. The van der Waals surface area contributed by atoms with E-state index in [4.69, 9.17) is 4.74 Å². The Morgan fingerprint density at radius 1 is 1.24 bits per heavy atom. The molecule has 0 aliphatic rings. The van der Waals surface area contributed by atoms with Crippen molar-refractivity contribution in [1.82, 2.24) is 5.32 Å². The molecule has 2 heteroatoms. The Morgan fingerprint density at radius 3 is 2.47 bits per heavy atom. The molecule has 0 aromatic heterocycles. The summed E-state index contributed by atoms with van der Waals surface area (Å²) in [6, 6.07) is 6.80. The van der Waals surface area contributed by atoms with Gasteiger partial charge in [0.1, 0.15) is 5.75 Å². The van der Waals surface area contributed by atoms with E-state index < -0.39 is 0 Å². The van der Waals surface area contributed by atoms with Gasteiger partial charge < -0.3 is 10.1 Å². The molecular formula is C15H25NO. The zero-order valence-corrected chi connectivity index (χ0v) is 11.5. The van der Waals surface area contributed by atoms with Crippen molar-refractivity contribution in [3.05, 3.63) is 29.3 Å². The molecule has 2 nitrogen and oxygen atoms in total. The molecule has 0 aliphatic carbocycles. The molecule has 0 fully saturated rings. The number of ether oxygens (including phenoxy) is 1. The summed E-state index contributed by atoms with van der Waals surface area (Å²) in [5, 5.41) is 3.47. The lowest BCUT2D eigenvalue weighted by molar-refractivity contribution is 0.287. The number of para-hydroxylation sites is 1. The minimum Gasteiger partial charge on any atom is -0.493 e. The van der Waals surface area contributed by atoms with Crippen LogP contribution in [-0.4, -0.2) is 19.2 Å². The second-order valence-corrected chi connectivity index (χ2v) is 4.71. The summed E-state index contributed by atoms with van der Waals surface area (Å²) < 4.78 is 5.88. The lowest BCUT2D eigenvalue weighted by Gasteiger charge is -2.15. The monoisotopic (exact) mass is 235 g/mol. The minimum atomic E-state index is 0.527. The quantitative estimate of drug-likeness (QED) is 0.781. The molecule has 0 bridgehead atoms. The van der Waals surface area contributed by atoms with Crippen molar-refractivity contribution >= 4 is 0 Å². The molecule has 1 rings (SSSR count). The maximum Gasteiger partial charge on any atom is 0.125 e. The van der Waals surface area contributed by atoms with Crippen molar-refractivity contribution in [2.75, 3.05) is 13.2 Å². The van der Waals surface area contributed by atoms with Gasteiger partial charge in [-0.1, -0.05) is 25.1 Å². The Hall–Kier alpha value is -1.02. The predicted octanol–water partition coefficient (Wildman–Crippen LogP) is 3.46. The van der Waals surface area contributed by atoms with Crippen molar-refractivity contribution < 1.29 is 4.74 Å². The molecule has 96 valence electrons. The van der Waals surface area contributed by atoms with Crippen LogP contribution >= 0.6 is 0 Å². The van der Waals surface area contributed by atoms with E-state index in [2.05, 4.69) is 51.2 Å². The van der Waals surface area contributed by atoms with Gasteiger partial charge in [0.15, 0.2) is 0 Å². The fourth-order valence-corrected chi connectivity index (χ4v) is 1.86. The topological polar surface area (TPSA) is 21.3 Å². The number of rotatable bonds is 7. The second-order valence-electron chi connectivity index (χ2n) is 4.71. The molecule has 0 radical (unpaired) electrons. The summed E-state index contributed by atoms with van der Waals surface area (Å²) in [6.45, 7) is 10.5. The van der Waals surface area contributed by atoms with Crippen LogP contribution in [0.1, 0.15) is 37.8 Å². The molecule has 0 heterocycles. The normalized spacial score (nSPS) is 12.5. The van der Waals surface area contributed by atoms with E-state index in [1.54, 1.807) is 0 Å². The Balaban J connectivity index is 2.35. The predicted molar refractivity (Wildman–Crippen MR) is 73.8 cm³/mol. The van der Waals surface area contributed by atoms with Gasteiger partial charge in [0.25, 0.3) is 0 Å². The first-order valence-electron chi connectivity index (χ1n) is 6.57. The maximum absolute atomic E-state index is 5.88. The smallest absolute Gasteiger partial charge is 0.125 e. The molecule has 0 spiro atoms. The molecule has 1 aromatic carbocycles. The largest absolute Gasteiger partial charge is 0.493 e. The van der Waals surface area contributed by atoms with E-state index in [1.165, 1.54) is 17.5 Å². The van der Waals surface area contributed by atoms with Crippen LogP contribution in [0.3, 0.4) is 0 Å². The van der Waals surface area contributed by atoms with Gasteiger partial charge in [0, 0.05) is 6.04 Å². The third-order valence-electron chi connectivity index (χ3n) is 2.95. The Morgan fingerprint density at radius 2 is 1.88 bits per heavy atom. The Bertz CT molecular complexity index is 315. The summed E-state index contributed by atoms with van der Waals surface area (Å²) in [6.07, 6.45) is 2.23. The Kier molecular flexibility index (Phi) is 6.06. The van der Waals surface area contributed by atoms with Gasteiger partial charge in [0.05, 0.1) is 6.61 Å². The first-order chi connectivity index (χ1) is 8.15. The average molecular weight is 235 g/mol. The number of benzene rings is 1. The van der Waals surface area contributed by atoms with Crippen LogP contribution in [0.15, 0.2) is 18.2 Å². The first kappa shape index (κ1) is 14.0. The zero-order valence-electron chi connectivity index (χ0n) is 11.5. The van der Waals surface area contributed by atoms with Crippen molar-refractivity contribution in [2.24, 2.45) is 0 Å². The van der Waals surface area contributed by atoms with Crippen molar-refractivity contribution in [3.63, 3.8) is 0 Å². The Labute approximate surface area is 105 Å². The van der Waals surface area contributed by atoms with Gasteiger partial charge in [-0.05, 0) is 51.3 Å². The molecule has 0 aliphatic heterocycles. The molecule has 1 atom stereocenters. The number of nitrogens with one attached hydrogen (secondary N) is 1. The van der Waals surface area contributed by atoms with Crippen LogP contribution in [0.4, 0.5) is 0 Å². The van der Waals surface area contributed by atoms with Crippen molar-refractivity contribution in [1.29, 1.82) is 0 Å². The molecule has 17 heavy (non-hydrogen) atoms. The molecule has 0 saturated heterocycles. The first-order valence-corrected chi connectivity index (χ1v) is 6.57. The van der Waals surface area contributed by atoms with E-state index in [-0.39, 0.29) is 0 Å². The molecule has 0 saturated carbocycles. The fraction of sp³-hybridized carbons (Fsp3) is 0.600. The molecule has 1 unspecified atom stereocenters.